The predicted molar refractivity (Wildman–Crippen MR) is 46.0 cm³/mol. The van der Waals surface area contributed by atoms with Crippen molar-refractivity contribution in [1.29, 1.82) is 0 Å². The number of hydrogen-bond donors (Lipinski definition) is 1. The highest BCUT2D eigenvalue weighted by Crippen LogP contribution is 2.08. The molecule has 1 fully saturated rings. The molecule has 0 bridgehead atoms. The molecule has 0 aliphatic carbocycles. The van der Waals surface area contributed by atoms with Crippen LogP contribution in [0, 0.1) is 0 Å². The summed E-state index contributed by atoms with van der Waals surface area (Å²) in [7, 11) is 0. The van der Waals surface area contributed by atoms with E-state index in [2.05, 4.69) is 0 Å². The lowest BCUT2D eigenvalue weighted by Gasteiger charge is -2.25. The number of rotatable bonds is 2. The second-order valence-electron chi connectivity index (χ2n) is 3.22. The minimum atomic E-state index is -0.532. The van der Waals surface area contributed by atoms with E-state index >= 15 is 0 Å². The van der Waals surface area contributed by atoms with Crippen molar-refractivity contribution in [3.63, 3.8) is 0 Å². The summed E-state index contributed by atoms with van der Waals surface area (Å²) in [4.78, 5) is 0. The van der Waals surface area contributed by atoms with Crippen LogP contribution in [0.2, 0.25) is 0 Å². The maximum atomic E-state index is 9.56. The van der Waals surface area contributed by atoms with Crippen LogP contribution in [-0.4, -0.2) is 37.1 Å². The van der Waals surface area contributed by atoms with Gasteiger partial charge in [0.25, 0.3) is 0 Å². The lowest BCUT2D eigenvalue weighted by molar-refractivity contribution is -0.121. The third kappa shape index (κ3) is 2.93. The Morgan fingerprint density at radius 1 is 1.50 bits per heavy atom. The van der Waals surface area contributed by atoms with Gasteiger partial charge < -0.3 is 14.6 Å². The van der Waals surface area contributed by atoms with Gasteiger partial charge in [-0.05, 0) is 13.8 Å². The largest absolute Gasteiger partial charge is 0.386 e. The first-order valence-electron chi connectivity index (χ1n) is 4.22. The quantitative estimate of drug-likeness (QED) is 0.624. The molecule has 1 heterocycles. The zero-order valence-corrected chi connectivity index (χ0v) is 7.62. The predicted octanol–water partition coefficient (Wildman–Crippen LogP) is 0.729. The summed E-state index contributed by atoms with van der Waals surface area (Å²) in [6.07, 6.45) is 1.07. The SMILES string of the molecule is CC(C)=CC(O)C1COCCO1. The van der Waals surface area contributed by atoms with E-state index in [4.69, 9.17) is 9.47 Å². The summed E-state index contributed by atoms with van der Waals surface area (Å²) >= 11 is 0. The first-order chi connectivity index (χ1) is 5.70. The fraction of sp³-hybridized carbons (Fsp3) is 0.778. The van der Waals surface area contributed by atoms with Gasteiger partial charge in [-0.25, -0.2) is 0 Å². The van der Waals surface area contributed by atoms with Crippen molar-refractivity contribution in [1.82, 2.24) is 0 Å². The lowest BCUT2D eigenvalue weighted by Crippen LogP contribution is -2.37. The number of ether oxygens (including phenoxy) is 2. The fourth-order valence-corrected chi connectivity index (χ4v) is 1.15. The minimum Gasteiger partial charge on any atom is -0.386 e. The van der Waals surface area contributed by atoms with Crippen LogP contribution >= 0.6 is 0 Å². The van der Waals surface area contributed by atoms with Crippen LogP contribution in [0.15, 0.2) is 11.6 Å². The van der Waals surface area contributed by atoms with Crippen LogP contribution in [0.25, 0.3) is 0 Å². The van der Waals surface area contributed by atoms with E-state index in [1.165, 1.54) is 0 Å². The van der Waals surface area contributed by atoms with Gasteiger partial charge in [0.15, 0.2) is 0 Å². The molecule has 0 spiro atoms. The van der Waals surface area contributed by atoms with Crippen molar-refractivity contribution in [2.24, 2.45) is 0 Å². The molecule has 3 nitrogen and oxygen atoms in total. The second kappa shape index (κ2) is 4.60. The highest BCUT2D eigenvalue weighted by Gasteiger charge is 2.20. The summed E-state index contributed by atoms with van der Waals surface area (Å²) in [5, 5.41) is 9.56. The van der Waals surface area contributed by atoms with E-state index in [0.29, 0.717) is 19.8 Å². The van der Waals surface area contributed by atoms with Crippen LogP contribution < -0.4 is 0 Å². The molecule has 0 aromatic carbocycles. The molecule has 3 heteroatoms. The molecule has 0 aromatic rings. The Bertz CT molecular complexity index is 155. The summed E-state index contributed by atoms with van der Waals surface area (Å²) in [5.41, 5.74) is 1.09. The Labute approximate surface area is 73.0 Å². The monoisotopic (exact) mass is 172 g/mol. The van der Waals surface area contributed by atoms with E-state index in [-0.39, 0.29) is 6.10 Å². The highest BCUT2D eigenvalue weighted by atomic mass is 16.6. The topological polar surface area (TPSA) is 38.7 Å². The van der Waals surface area contributed by atoms with Crippen molar-refractivity contribution >= 4 is 0 Å². The van der Waals surface area contributed by atoms with Crippen molar-refractivity contribution in [2.45, 2.75) is 26.1 Å². The number of hydrogen-bond acceptors (Lipinski definition) is 3. The summed E-state index contributed by atoms with van der Waals surface area (Å²) in [6, 6.07) is 0. The molecular formula is C9H16O3. The average Bonchev–Trinajstić information content (AvgIpc) is 2.05. The van der Waals surface area contributed by atoms with Gasteiger partial charge in [0.05, 0.1) is 19.8 Å². The third-order valence-corrected chi connectivity index (χ3v) is 1.73. The highest BCUT2D eigenvalue weighted by molar-refractivity contribution is 5.00. The van der Waals surface area contributed by atoms with Gasteiger partial charge in [0, 0.05) is 0 Å². The lowest BCUT2D eigenvalue weighted by atomic mass is 10.1. The molecule has 0 amide bonds. The summed E-state index contributed by atoms with van der Waals surface area (Å²) in [6.45, 7) is 5.61. The molecule has 1 N–H and O–H groups in total. The van der Waals surface area contributed by atoms with Gasteiger partial charge in [-0.1, -0.05) is 11.6 Å². The standard InChI is InChI=1S/C9H16O3/c1-7(2)5-8(10)9-6-11-3-4-12-9/h5,8-10H,3-4,6H2,1-2H3. The number of aliphatic hydroxyl groups is 1. The normalized spacial score (nSPS) is 26.4. The van der Waals surface area contributed by atoms with Crippen molar-refractivity contribution in [2.75, 3.05) is 19.8 Å². The molecule has 1 aliphatic rings. The van der Waals surface area contributed by atoms with Crippen molar-refractivity contribution in [3.05, 3.63) is 11.6 Å². The van der Waals surface area contributed by atoms with Crippen molar-refractivity contribution in [3.8, 4) is 0 Å². The Balaban J connectivity index is 2.39. The van der Waals surface area contributed by atoms with Crippen LogP contribution in [0.1, 0.15) is 13.8 Å². The Kier molecular flexibility index (Phi) is 3.72. The van der Waals surface area contributed by atoms with Crippen LogP contribution in [0.4, 0.5) is 0 Å². The van der Waals surface area contributed by atoms with E-state index in [0.717, 1.165) is 5.57 Å². The molecule has 0 aromatic heterocycles. The Morgan fingerprint density at radius 3 is 2.75 bits per heavy atom. The molecule has 2 atom stereocenters. The van der Waals surface area contributed by atoms with Gasteiger partial charge in [-0.2, -0.15) is 0 Å². The smallest absolute Gasteiger partial charge is 0.110 e. The molecule has 1 aliphatic heterocycles. The minimum absolute atomic E-state index is 0.186. The van der Waals surface area contributed by atoms with Crippen LogP contribution in [-0.2, 0) is 9.47 Å². The maximum absolute atomic E-state index is 9.56. The third-order valence-electron chi connectivity index (χ3n) is 1.73. The van der Waals surface area contributed by atoms with Gasteiger partial charge >= 0.3 is 0 Å². The number of aliphatic hydroxyl groups excluding tert-OH is 1. The van der Waals surface area contributed by atoms with Crippen molar-refractivity contribution < 1.29 is 14.6 Å². The van der Waals surface area contributed by atoms with E-state index < -0.39 is 6.10 Å². The van der Waals surface area contributed by atoms with Gasteiger partial charge in [-0.3, -0.25) is 0 Å². The molecule has 70 valence electrons. The van der Waals surface area contributed by atoms with Crippen LogP contribution in [0.5, 0.6) is 0 Å². The fourth-order valence-electron chi connectivity index (χ4n) is 1.15. The molecule has 1 rings (SSSR count). The zero-order valence-electron chi connectivity index (χ0n) is 7.62. The Morgan fingerprint density at radius 2 is 2.25 bits per heavy atom. The van der Waals surface area contributed by atoms with Gasteiger partial charge in [0.1, 0.15) is 12.2 Å². The first kappa shape index (κ1) is 9.71. The second-order valence-corrected chi connectivity index (χ2v) is 3.22. The zero-order chi connectivity index (χ0) is 8.97. The van der Waals surface area contributed by atoms with E-state index in [9.17, 15) is 5.11 Å². The summed E-state index contributed by atoms with van der Waals surface area (Å²) in [5.74, 6) is 0. The molecule has 2 unspecified atom stereocenters. The molecule has 1 saturated heterocycles. The summed E-state index contributed by atoms with van der Waals surface area (Å²) < 4.78 is 10.5. The maximum Gasteiger partial charge on any atom is 0.110 e. The Hall–Kier alpha value is -0.380. The van der Waals surface area contributed by atoms with E-state index in [1.807, 2.05) is 13.8 Å². The van der Waals surface area contributed by atoms with E-state index in [1.54, 1.807) is 6.08 Å². The molecule has 12 heavy (non-hydrogen) atoms. The number of allylic oxidation sites excluding steroid dienone is 1. The molecule has 0 saturated carbocycles. The molecular weight excluding hydrogens is 156 g/mol. The first-order valence-corrected chi connectivity index (χ1v) is 4.22. The van der Waals surface area contributed by atoms with Gasteiger partial charge in [0.2, 0.25) is 0 Å². The molecule has 0 radical (unpaired) electrons. The average molecular weight is 172 g/mol. The van der Waals surface area contributed by atoms with Gasteiger partial charge in [-0.15, -0.1) is 0 Å². The van der Waals surface area contributed by atoms with Crippen LogP contribution in [0.3, 0.4) is 0 Å².